The third-order valence-electron chi connectivity index (χ3n) is 3.99. The van der Waals surface area contributed by atoms with Gasteiger partial charge >= 0.3 is 7.12 Å². The van der Waals surface area contributed by atoms with E-state index in [4.69, 9.17) is 10.0 Å². The van der Waals surface area contributed by atoms with E-state index in [1.807, 2.05) is 0 Å². The van der Waals surface area contributed by atoms with Crippen molar-refractivity contribution >= 4 is 12.6 Å². The highest BCUT2D eigenvalue weighted by Crippen LogP contribution is 2.15. The molecule has 0 amide bonds. The molecule has 1 atom stereocenters. The molecule has 1 unspecified atom stereocenters. The lowest BCUT2D eigenvalue weighted by Gasteiger charge is -2.36. The Hall–Kier alpha value is -0.945. The second kappa shape index (κ2) is 6.67. The van der Waals surface area contributed by atoms with Crippen LogP contribution in [0.15, 0.2) is 18.2 Å². The first-order valence-corrected chi connectivity index (χ1v) is 7.00. The van der Waals surface area contributed by atoms with Gasteiger partial charge in [0.15, 0.2) is 0 Å². The molecule has 4 nitrogen and oxygen atoms in total. The average molecular weight is 280 g/mol. The maximum absolute atomic E-state index is 13.4. The maximum Gasteiger partial charge on any atom is 0.491 e. The van der Waals surface area contributed by atoms with Gasteiger partial charge < -0.3 is 14.9 Å². The molecule has 0 aromatic heterocycles. The summed E-state index contributed by atoms with van der Waals surface area (Å²) < 4.78 is 13.4. The molecule has 0 spiro atoms. The summed E-state index contributed by atoms with van der Waals surface area (Å²) in [6.07, 6.45) is 2.35. The zero-order valence-corrected chi connectivity index (χ0v) is 12.1. The Morgan fingerprint density at radius 2 is 2.20 bits per heavy atom. The van der Waals surface area contributed by atoms with Crippen molar-refractivity contribution < 1.29 is 14.4 Å². The lowest BCUT2D eigenvalue weighted by Crippen LogP contribution is -2.44. The van der Waals surface area contributed by atoms with Crippen LogP contribution in [-0.2, 0) is 6.54 Å². The summed E-state index contributed by atoms with van der Waals surface area (Å²) in [4.78, 5) is 4.56. The first kappa shape index (κ1) is 15.4. The summed E-state index contributed by atoms with van der Waals surface area (Å²) in [5, 5.41) is 18.3. The molecule has 110 valence electrons. The van der Waals surface area contributed by atoms with Crippen LogP contribution in [0.1, 0.15) is 18.4 Å². The van der Waals surface area contributed by atoms with Crippen molar-refractivity contribution in [3.63, 3.8) is 0 Å². The van der Waals surface area contributed by atoms with Crippen molar-refractivity contribution in [2.75, 3.05) is 27.2 Å². The number of likely N-dealkylation sites (tertiary alicyclic amines) is 1. The molecular formula is C14H22BFN2O2. The van der Waals surface area contributed by atoms with Gasteiger partial charge in [0, 0.05) is 24.6 Å². The van der Waals surface area contributed by atoms with Crippen molar-refractivity contribution in [1.82, 2.24) is 9.80 Å². The van der Waals surface area contributed by atoms with Crippen LogP contribution in [0, 0.1) is 5.82 Å². The molecule has 2 N–H and O–H groups in total. The highest BCUT2D eigenvalue weighted by molar-refractivity contribution is 6.58. The van der Waals surface area contributed by atoms with E-state index in [2.05, 4.69) is 23.9 Å². The van der Waals surface area contributed by atoms with Crippen LogP contribution in [0.2, 0.25) is 0 Å². The minimum Gasteiger partial charge on any atom is -0.423 e. The van der Waals surface area contributed by atoms with Crippen LogP contribution in [0.5, 0.6) is 0 Å². The maximum atomic E-state index is 13.4. The van der Waals surface area contributed by atoms with E-state index in [1.165, 1.54) is 18.6 Å². The van der Waals surface area contributed by atoms with E-state index in [9.17, 15) is 4.39 Å². The van der Waals surface area contributed by atoms with Gasteiger partial charge in [0.2, 0.25) is 0 Å². The first-order valence-electron chi connectivity index (χ1n) is 7.00. The van der Waals surface area contributed by atoms with Crippen molar-refractivity contribution in [3.05, 3.63) is 29.6 Å². The topological polar surface area (TPSA) is 46.9 Å². The minimum absolute atomic E-state index is 0.0586. The Morgan fingerprint density at radius 1 is 1.45 bits per heavy atom. The Balaban J connectivity index is 2.03. The molecule has 0 saturated carbocycles. The van der Waals surface area contributed by atoms with E-state index in [0.717, 1.165) is 25.1 Å². The average Bonchev–Trinajstić information content (AvgIpc) is 2.40. The van der Waals surface area contributed by atoms with Crippen LogP contribution in [0.25, 0.3) is 0 Å². The Labute approximate surface area is 120 Å². The predicted molar refractivity (Wildman–Crippen MR) is 78.2 cm³/mol. The number of rotatable bonds is 4. The van der Waals surface area contributed by atoms with E-state index in [1.54, 1.807) is 6.07 Å². The van der Waals surface area contributed by atoms with E-state index < -0.39 is 12.9 Å². The number of nitrogens with zero attached hydrogens (tertiary/aromatic N) is 2. The smallest absolute Gasteiger partial charge is 0.423 e. The molecule has 1 aromatic rings. The zero-order valence-electron chi connectivity index (χ0n) is 12.1. The van der Waals surface area contributed by atoms with Gasteiger partial charge in [0.25, 0.3) is 0 Å². The van der Waals surface area contributed by atoms with Crippen molar-refractivity contribution in [2.24, 2.45) is 0 Å². The normalized spacial score (nSPS) is 20.4. The van der Waals surface area contributed by atoms with Gasteiger partial charge in [0.1, 0.15) is 5.82 Å². The van der Waals surface area contributed by atoms with Gasteiger partial charge in [-0.2, -0.15) is 0 Å². The summed E-state index contributed by atoms with van der Waals surface area (Å²) in [6, 6.07) is 5.01. The summed E-state index contributed by atoms with van der Waals surface area (Å²) in [7, 11) is 2.42. The molecule has 2 rings (SSSR count). The summed E-state index contributed by atoms with van der Waals surface area (Å²) in [6.45, 7) is 2.85. The molecule has 1 aliphatic heterocycles. The van der Waals surface area contributed by atoms with E-state index in [0.29, 0.717) is 12.6 Å². The molecule has 0 radical (unpaired) electrons. The summed E-state index contributed by atoms with van der Waals surface area (Å²) in [5.41, 5.74) is 0.835. The van der Waals surface area contributed by atoms with Gasteiger partial charge in [0.05, 0.1) is 0 Å². The molecule has 1 aromatic carbocycles. The number of piperidine rings is 1. The van der Waals surface area contributed by atoms with Crippen LogP contribution in [0.3, 0.4) is 0 Å². The number of hydrogen-bond acceptors (Lipinski definition) is 4. The second-order valence-corrected chi connectivity index (χ2v) is 5.70. The molecule has 1 heterocycles. The fourth-order valence-electron chi connectivity index (χ4n) is 2.81. The molecule has 20 heavy (non-hydrogen) atoms. The van der Waals surface area contributed by atoms with Crippen LogP contribution >= 0.6 is 0 Å². The monoisotopic (exact) mass is 280 g/mol. The molecular weight excluding hydrogens is 258 g/mol. The third-order valence-corrected chi connectivity index (χ3v) is 3.99. The number of likely N-dealkylation sites (N-methyl/N-ethyl adjacent to an activating group) is 2. The van der Waals surface area contributed by atoms with E-state index in [-0.39, 0.29) is 5.46 Å². The standard InChI is InChI=1S/C14H22BFN2O2/c1-17-7-3-4-12(10-17)18(2)9-11-5-6-14(16)13(8-11)15(19)20/h5-6,8,12,19-20H,3-4,7,9-10H2,1-2H3. The fraction of sp³-hybridized carbons (Fsp3) is 0.571. The van der Waals surface area contributed by atoms with Crippen molar-refractivity contribution in [2.45, 2.75) is 25.4 Å². The van der Waals surface area contributed by atoms with Gasteiger partial charge in [-0.05, 0) is 45.1 Å². The predicted octanol–water partition coefficient (Wildman–Crippen LogP) is 0.0315. The SMILES string of the molecule is CN1CCCC(N(C)Cc2ccc(F)c(B(O)O)c2)C1. The van der Waals surface area contributed by atoms with Gasteiger partial charge in [-0.1, -0.05) is 12.1 Å². The number of halogens is 1. The highest BCUT2D eigenvalue weighted by atomic mass is 19.1. The first-order chi connectivity index (χ1) is 9.47. The fourth-order valence-corrected chi connectivity index (χ4v) is 2.81. The minimum atomic E-state index is -1.76. The molecule has 0 aliphatic carbocycles. The Morgan fingerprint density at radius 3 is 2.85 bits per heavy atom. The van der Waals surface area contributed by atoms with Crippen LogP contribution < -0.4 is 5.46 Å². The highest BCUT2D eigenvalue weighted by Gasteiger charge is 2.22. The molecule has 1 saturated heterocycles. The molecule has 0 bridgehead atoms. The Bertz CT molecular complexity index is 459. The lowest BCUT2D eigenvalue weighted by atomic mass is 9.79. The number of benzene rings is 1. The van der Waals surface area contributed by atoms with E-state index >= 15 is 0 Å². The van der Waals surface area contributed by atoms with Gasteiger partial charge in [-0.25, -0.2) is 4.39 Å². The van der Waals surface area contributed by atoms with Crippen LogP contribution in [-0.4, -0.2) is 60.2 Å². The van der Waals surface area contributed by atoms with Gasteiger partial charge in [-0.15, -0.1) is 0 Å². The third kappa shape index (κ3) is 3.79. The largest absolute Gasteiger partial charge is 0.491 e. The van der Waals surface area contributed by atoms with Crippen molar-refractivity contribution in [1.29, 1.82) is 0 Å². The lowest BCUT2D eigenvalue weighted by molar-refractivity contribution is 0.129. The van der Waals surface area contributed by atoms with Crippen LogP contribution in [0.4, 0.5) is 4.39 Å². The molecule has 1 aliphatic rings. The van der Waals surface area contributed by atoms with Gasteiger partial charge in [-0.3, -0.25) is 4.90 Å². The quantitative estimate of drug-likeness (QED) is 0.764. The van der Waals surface area contributed by atoms with Crippen molar-refractivity contribution in [3.8, 4) is 0 Å². The summed E-state index contributed by atoms with van der Waals surface area (Å²) >= 11 is 0. The second-order valence-electron chi connectivity index (χ2n) is 5.70. The number of hydrogen-bond donors (Lipinski definition) is 2. The molecule has 6 heteroatoms. The molecule has 1 fully saturated rings. The zero-order chi connectivity index (χ0) is 14.7. The Kier molecular flexibility index (Phi) is 5.15. The summed E-state index contributed by atoms with van der Waals surface area (Å²) in [5.74, 6) is -0.580.